The average Bonchev–Trinajstić information content (AvgIpc) is 3.28. The second-order valence-electron chi connectivity index (χ2n) is 7.37. The number of halogens is 1. The van der Waals surface area contributed by atoms with Gasteiger partial charge in [-0.2, -0.15) is 0 Å². The summed E-state index contributed by atoms with van der Waals surface area (Å²) in [5, 5.41) is 11.5. The molecular formula is C21H30FN3O6. The Labute approximate surface area is 180 Å². The summed E-state index contributed by atoms with van der Waals surface area (Å²) in [6.45, 7) is 2.16. The summed E-state index contributed by atoms with van der Waals surface area (Å²) in [5.74, 6) is -2.64. The first-order chi connectivity index (χ1) is 14.9. The predicted molar refractivity (Wildman–Crippen MR) is 111 cm³/mol. The third kappa shape index (κ3) is 5.84. The highest BCUT2D eigenvalue weighted by atomic mass is 19.1. The summed E-state index contributed by atoms with van der Waals surface area (Å²) >= 11 is 0. The second-order valence-corrected chi connectivity index (χ2v) is 7.37. The van der Waals surface area contributed by atoms with Gasteiger partial charge >= 0.3 is 0 Å². The van der Waals surface area contributed by atoms with Crippen molar-refractivity contribution in [2.45, 2.75) is 51.2 Å². The zero-order valence-corrected chi connectivity index (χ0v) is 18.0. The van der Waals surface area contributed by atoms with Gasteiger partial charge in [0.25, 0.3) is 5.91 Å². The molecule has 1 fully saturated rings. The number of methoxy groups -OCH3 is 2. The molecule has 10 heteroatoms. The monoisotopic (exact) mass is 439 g/mol. The van der Waals surface area contributed by atoms with Crippen LogP contribution in [0.3, 0.4) is 0 Å². The number of nitrogens with zero attached hydrogens (tertiary/aromatic N) is 1. The molecule has 1 heterocycles. The SMILES string of the molecule is CCCC[C@@H](C(=O)N1CCC[C@H]1C(=O)Nc1cc(OC)ccc1OC)[C@@H](F)C(=O)NO. The summed E-state index contributed by atoms with van der Waals surface area (Å²) in [5.41, 5.74) is 1.65. The molecular weight excluding hydrogens is 409 g/mol. The lowest BCUT2D eigenvalue weighted by Crippen LogP contribution is -2.49. The van der Waals surface area contributed by atoms with E-state index in [1.807, 2.05) is 6.92 Å². The van der Waals surface area contributed by atoms with Gasteiger partial charge in [-0.05, 0) is 31.4 Å². The number of amides is 3. The smallest absolute Gasteiger partial charge is 0.278 e. The van der Waals surface area contributed by atoms with Crippen molar-refractivity contribution in [2.24, 2.45) is 5.92 Å². The molecule has 3 atom stereocenters. The van der Waals surface area contributed by atoms with E-state index in [-0.39, 0.29) is 13.0 Å². The number of hydrogen-bond donors (Lipinski definition) is 3. The van der Waals surface area contributed by atoms with Crippen molar-refractivity contribution in [3.05, 3.63) is 18.2 Å². The lowest BCUT2D eigenvalue weighted by molar-refractivity contribution is -0.148. The van der Waals surface area contributed by atoms with E-state index < -0.39 is 35.9 Å². The maximum Gasteiger partial charge on any atom is 0.278 e. The Morgan fingerprint density at radius 1 is 1.29 bits per heavy atom. The Kier molecular flexibility index (Phi) is 9.04. The standard InChI is InChI=1S/C21H30FN3O6/c1-4-5-7-14(18(22)20(27)24-29)21(28)25-11-6-8-16(25)19(26)23-15-12-13(30-2)9-10-17(15)31-3/h9-10,12,14,16,18,29H,4-8,11H2,1-3H3,(H,23,26)(H,24,27)/t14-,16+,18-/m1/s1. The minimum absolute atomic E-state index is 0.137. The van der Waals surface area contributed by atoms with Crippen LogP contribution in [-0.2, 0) is 14.4 Å². The molecule has 1 aromatic carbocycles. The number of unbranched alkanes of at least 4 members (excludes halogenated alkanes) is 1. The van der Waals surface area contributed by atoms with Crippen molar-refractivity contribution < 1.29 is 33.5 Å². The summed E-state index contributed by atoms with van der Waals surface area (Å²) in [6.07, 6.45) is 0.152. The van der Waals surface area contributed by atoms with Gasteiger partial charge in [0, 0.05) is 12.6 Å². The molecule has 3 N–H and O–H groups in total. The number of benzene rings is 1. The number of carbonyl (C=O) groups is 3. The topological polar surface area (TPSA) is 117 Å². The van der Waals surface area contributed by atoms with Gasteiger partial charge in [-0.3, -0.25) is 19.6 Å². The van der Waals surface area contributed by atoms with E-state index in [2.05, 4.69) is 5.32 Å². The Hall–Kier alpha value is -2.88. The van der Waals surface area contributed by atoms with Gasteiger partial charge in [0.15, 0.2) is 6.17 Å². The Morgan fingerprint density at radius 3 is 2.65 bits per heavy atom. The van der Waals surface area contributed by atoms with Crippen molar-refractivity contribution >= 4 is 23.4 Å². The van der Waals surface area contributed by atoms with E-state index in [4.69, 9.17) is 14.7 Å². The van der Waals surface area contributed by atoms with Crippen LogP contribution in [0, 0.1) is 5.92 Å². The molecule has 0 unspecified atom stereocenters. The number of hydroxylamine groups is 1. The highest BCUT2D eigenvalue weighted by Gasteiger charge is 2.41. The molecule has 1 aliphatic rings. The highest BCUT2D eigenvalue weighted by molar-refractivity contribution is 5.99. The van der Waals surface area contributed by atoms with E-state index in [9.17, 15) is 18.8 Å². The third-order valence-electron chi connectivity index (χ3n) is 5.40. The van der Waals surface area contributed by atoms with Crippen LogP contribution in [0.4, 0.5) is 10.1 Å². The van der Waals surface area contributed by atoms with Crippen LogP contribution in [0.1, 0.15) is 39.0 Å². The minimum Gasteiger partial charge on any atom is -0.497 e. The first-order valence-electron chi connectivity index (χ1n) is 10.3. The van der Waals surface area contributed by atoms with Crippen molar-refractivity contribution in [1.82, 2.24) is 10.4 Å². The summed E-state index contributed by atoms with van der Waals surface area (Å²) in [6, 6.07) is 4.13. The molecule has 0 aliphatic carbocycles. The van der Waals surface area contributed by atoms with E-state index in [0.717, 1.165) is 0 Å². The first-order valence-corrected chi connectivity index (χ1v) is 10.3. The molecule has 1 saturated heterocycles. The van der Waals surface area contributed by atoms with Crippen LogP contribution < -0.4 is 20.3 Å². The van der Waals surface area contributed by atoms with E-state index in [1.165, 1.54) is 24.6 Å². The quantitative estimate of drug-likeness (QED) is 0.380. The highest BCUT2D eigenvalue weighted by Crippen LogP contribution is 2.31. The number of rotatable bonds is 10. The second kappa shape index (κ2) is 11.5. The zero-order valence-electron chi connectivity index (χ0n) is 18.0. The Balaban J connectivity index is 2.21. The lowest BCUT2D eigenvalue weighted by atomic mass is 9.94. The number of carbonyl (C=O) groups excluding carboxylic acids is 3. The Bertz CT molecular complexity index is 790. The molecule has 9 nitrogen and oxygen atoms in total. The molecule has 0 spiro atoms. The summed E-state index contributed by atoms with van der Waals surface area (Å²) in [7, 11) is 2.96. The first kappa shape index (κ1) is 24.4. The fourth-order valence-electron chi connectivity index (χ4n) is 3.71. The average molecular weight is 439 g/mol. The van der Waals surface area contributed by atoms with Crippen LogP contribution in [-0.4, -0.2) is 60.8 Å². The molecule has 172 valence electrons. The van der Waals surface area contributed by atoms with Gasteiger partial charge in [-0.15, -0.1) is 0 Å². The van der Waals surface area contributed by atoms with Gasteiger partial charge in [0.1, 0.15) is 17.5 Å². The molecule has 1 aromatic rings. The van der Waals surface area contributed by atoms with Crippen LogP contribution in [0.5, 0.6) is 11.5 Å². The summed E-state index contributed by atoms with van der Waals surface area (Å²) in [4.78, 5) is 39.0. The molecule has 3 amide bonds. The fraction of sp³-hybridized carbons (Fsp3) is 0.571. The number of nitrogens with one attached hydrogen (secondary N) is 2. The van der Waals surface area contributed by atoms with E-state index in [1.54, 1.807) is 18.2 Å². The zero-order chi connectivity index (χ0) is 23.0. The predicted octanol–water partition coefficient (Wildman–Crippen LogP) is 2.28. The van der Waals surface area contributed by atoms with Crippen LogP contribution in [0.2, 0.25) is 0 Å². The molecule has 0 radical (unpaired) electrons. The van der Waals surface area contributed by atoms with Crippen LogP contribution >= 0.6 is 0 Å². The minimum atomic E-state index is -2.20. The van der Waals surface area contributed by atoms with E-state index >= 15 is 0 Å². The molecule has 0 saturated carbocycles. The number of ether oxygens (including phenoxy) is 2. The molecule has 0 bridgehead atoms. The maximum absolute atomic E-state index is 14.6. The summed E-state index contributed by atoms with van der Waals surface area (Å²) < 4.78 is 25.0. The van der Waals surface area contributed by atoms with Crippen LogP contribution in [0.15, 0.2) is 18.2 Å². The van der Waals surface area contributed by atoms with Crippen molar-refractivity contribution in [3.63, 3.8) is 0 Å². The van der Waals surface area contributed by atoms with Crippen molar-refractivity contribution in [2.75, 3.05) is 26.1 Å². The van der Waals surface area contributed by atoms with Gasteiger partial charge in [0.2, 0.25) is 11.8 Å². The van der Waals surface area contributed by atoms with Gasteiger partial charge < -0.3 is 19.7 Å². The largest absolute Gasteiger partial charge is 0.497 e. The van der Waals surface area contributed by atoms with Crippen molar-refractivity contribution in [3.8, 4) is 11.5 Å². The Morgan fingerprint density at radius 2 is 2.03 bits per heavy atom. The maximum atomic E-state index is 14.6. The lowest BCUT2D eigenvalue weighted by Gasteiger charge is -2.29. The van der Waals surface area contributed by atoms with Crippen molar-refractivity contribution in [1.29, 1.82) is 0 Å². The molecule has 0 aromatic heterocycles. The fourth-order valence-corrected chi connectivity index (χ4v) is 3.71. The molecule has 1 aliphatic heterocycles. The van der Waals surface area contributed by atoms with Gasteiger partial charge in [0.05, 0.1) is 25.8 Å². The van der Waals surface area contributed by atoms with Crippen LogP contribution in [0.25, 0.3) is 0 Å². The number of hydrogen-bond acceptors (Lipinski definition) is 6. The van der Waals surface area contributed by atoms with E-state index in [0.29, 0.717) is 42.9 Å². The number of alkyl halides is 1. The third-order valence-corrected chi connectivity index (χ3v) is 5.40. The normalized spacial score (nSPS) is 17.6. The molecule has 2 rings (SSSR count). The number of anilines is 1. The van der Waals surface area contributed by atoms with Gasteiger partial charge in [-0.25, -0.2) is 9.87 Å². The molecule has 31 heavy (non-hydrogen) atoms. The van der Waals surface area contributed by atoms with Gasteiger partial charge in [-0.1, -0.05) is 19.8 Å². The number of likely N-dealkylation sites (tertiary alicyclic amines) is 1.